The van der Waals surface area contributed by atoms with Crippen molar-refractivity contribution in [3.63, 3.8) is 0 Å². The molecule has 1 aliphatic carbocycles. The van der Waals surface area contributed by atoms with E-state index in [4.69, 9.17) is 9.72 Å². The molecule has 2 atom stereocenters. The number of nitrogens with zero attached hydrogens (tertiary/aromatic N) is 1. The predicted molar refractivity (Wildman–Crippen MR) is 172 cm³/mol. The Balaban J connectivity index is 1.59. The van der Waals surface area contributed by atoms with Gasteiger partial charge in [0.05, 0.1) is 18.0 Å². The molecule has 2 unspecified atom stereocenters. The van der Waals surface area contributed by atoms with Gasteiger partial charge < -0.3 is 10.1 Å². The van der Waals surface area contributed by atoms with Crippen molar-refractivity contribution in [1.29, 1.82) is 0 Å². The van der Waals surface area contributed by atoms with Gasteiger partial charge in [0, 0.05) is 23.9 Å². The molecule has 0 spiro atoms. The molecule has 0 saturated carbocycles. The number of allylic oxidation sites excluding steroid dienone is 6. The number of hydrogen-bond acceptors (Lipinski definition) is 4. The third kappa shape index (κ3) is 8.66. The molecule has 0 fully saturated rings. The van der Waals surface area contributed by atoms with Crippen LogP contribution >= 0.6 is 0 Å². The van der Waals surface area contributed by atoms with E-state index in [-0.39, 0.29) is 5.97 Å². The number of rotatable bonds is 12. The molecule has 1 aromatic heterocycles. The van der Waals surface area contributed by atoms with Crippen LogP contribution in [0.15, 0.2) is 72.5 Å². The van der Waals surface area contributed by atoms with Crippen LogP contribution in [-0.4, -0.2) is 17.6 Å². The van der Waals surface area contributed by atoms with Gasteiger partial charge in [-0.1, -0.05) is 82.7 Å². The Bertz CT molecular complexity index is 1460. The maximum atomic E-state index is 12.3. The van der Waals surface area contributed by atoms with Crippen LogP contribution in [0.1, 0.15) is 83.2 Å². The van der Waals surface area contributed by atoms with Gasteiger partial charge in [0.2, 0.25) is 0 Å². The van der Waals surface area contributed by atoms with Crippen molar-refractivity contribution < 1.29 is 9.53 Å². The molecule has 0 bridgehead atoms. The number of nitrogens with one attached hydrogen (secondary N) is 1. The number of benzene rings is 1. The van der Waals surface area contributed by atoms with E-state index in [1.807, 2.05) is 25.3 Å². The monoisotopic (exact) mass is 550 g/mol. The minimum atomic E-state index is -0.0682. The number of aryl methyl sites for hydroxylation is 1. The summed E-state index contributed by atoms with van der Waals surface area (Å²) in [5, 5.41) is 6.01. The largest absolute Gasteiger partial charge is 0.465 e. The fourth-order valence-corrected chi connectivity index (χ4v) is 5.55. The predicted octanol–water partition coefficient (Wildman–Crippen LogP) is 7.24. The van der Waals surface area contributed by atoms with Gasteiger partial charge in [-0.2, -0.15) is 0 Å². The topological polar surface area (TPSA) is 51.2 Å². The van der Waals surface area contributed by atoms with E-state index in [1.54, 1.807) is 0 Å². The Kier molecular flexibility index (Phi) is 11.0. The van der Waals surface area contributed by atoms with Crippen LogP contribution in [0.3, 0.4) is 0 Å². The fraction of sp³-hybridized carbons (Fsp3) is 0.405. The smallest absolute Gasteiger partial charge is 0.306 e. The highest BCUT2D eigenvalue weighted by atomic mass is 16.5. The maximum Gasteiger partial charge on any atom is 0.306 e. The number of hydrogen-bond donors (Lipinski definition) is 1. The van der Waals surface area contributed by atoms with Crippen molar-refractivity contribution >= 4 is 29.4 Å². The fourth-order valence-electron chi connectivity index (χ4n) is 5.55. The van der Waals surface area contributed by atoms with Gasteiger partial charge in [0.15, 0.2) is 0 Å². The molecule has 2 heterocycles. The first-order chi connectivity index (χ1) is 19.8. The minimum Gasteiger partial charge on any atom is -0.465 e. The number of aromatic nitrogens is 1. The summed E-state index contributed by atoms with van der Waals surface area (Å²) in [5.41, 5.74) is 6.66. The highest BCUT2D eigenvalue weighted by molar-refractivity contribution is 5.95. The standard InChI is InChI=1S/C37H46N2O2/c1-6-11-29(18-17-27(4)22-36(40)41-25-26(2)3)31-14-10-13-30-19-20-32(24-33(30)23-31)34-15-7-8-21-38-37(34)35-16-9-12-28(5)39-35/h7-9,12-16,19-21,23-24,26-27,29,38H,6,10-11,17-18,22,25H2,1-5H3. The molecular formula is C37H46N2O2. The molecule has 41 heavy (non-hydrogen) atoms. The van der Waals surface area contributed by atoms with Crippen LogP contribution in [0.2, 0.25) is 0 Å². The molecule has 1 N–H and O–H groups in total. The summed E-state index contributed by atoms with van der Waals surface area (Å²) in [5.74, 6) is 1.10. The summed E-state index contributed by atoms with van der Waals surface area (Å²) in [7, 11) is 0. The number of carbonyl (C=O) groups excluding carboxylic acids is 1. The molecule has 0 amide bonds. The lowest BCUT2D eigenvalue weighted by Crippen LogP contribution is -2.25. The van der Waals surface area contributed by atoms with Crippen LogP contribution in [-0.2, 0) is 9.53 Å². The average molecular weight is 551 g/mol. The summed E-state index contributed by atoms with van der Waals surface area (Å²) in [6.07, 6.45) is 21.2. The van der Waals surface area contributed by atoms with E-state index in [0.717, 1.165) is 54.8 Å². The second-order valence-electron chi connectivity index (χ2n) is 11.9. The molecule has 1 aromatic carbocycles. The van der Waals surface area contributed by atoms with Crippen molar-refractivity contribution in [3.05, 3.63) is 99.9 Å². The first-order valence-electron chi connectivity index (χ1n) is 15.3. The molecule has 1 aliphatic heterocycles. The van der Waals surface area contributed by atoms with Crippen LogP contribution in [0.25, 0.3) is 23.4 Å². The summed E-state index contributed by atoms with van der Waals surface area (Å²) in [4.78, 5) is 17.1. The zero-order valence-corrected chi connectivity index (χ0v) is 25.5. The Morgan fingerprint density at radius 3 is 2.66 bits per heavy atom. The van der Waals surface area contributed by atoms with Crippen molar-refractivity contribution in [2.75, 3.05) is 6.61 Å². The van der Waals surface area contributed by atoms with Gasteiger partial charge in [-0.15, -0.1) is 0 Å². The molecule has 0 radical (unpaired) electrons. The van der Waals surface area contributed by atoms with Crippen LogP contribution in [0.4, 0.5) is 0 Å². The summed E-state index contributed by atoms with van der Waals surface area (Å²) < 4.78 is 5.43. The molecule has 4 heteroatoms. The van der Waals surface area contributed by atoms with Crippen LogP contribution in [0.5, 0.6) is 0 Å². The van der Waals surface area contributed by atoms with E-state index in [2.05, 4.69) is 93.7 Å². The van der Waals surface area contributed by atoms with E-state index < -0.39 is 0 Å². The molecule has 4 nitrogen and oxygen atoms in total. The SMILES string of the molecule is CCCC(CCC(C)CC(=O)OCC(C)C)C1=CCC=c2ccc(C3=C(c4cccc(C)n4)NC=CC=C3)cc2=C1. The number of esters is 1. The van der Waals surface area contributed by atoms with E-state index in [9.17, 15) is 4.79 Å². The Morgan fingerprint density at radius 2 is 1.88 bits per heavy atom. The van der Waals surface area contributed by atoms with Gasteiger partial charge in [-0.3, -0.25) is 9.78 Å². The Morgan fingerprint density at radius 1 is 1.02 bits per heavy atom. The average Bonchev–Trinajstić information content (AvgIpc) is 3.32. The number of fused-ring (bicyclic) bond motifs is 1. The summed E-state index contributed by atoms with van der Waals surface area (Å²) in [6.45, 7) is 11.1. The highest BCUT2D eigenvalue weighted by Crippen LogP contribution is 2.29. The number of ether oxygens (including phenoxy) is 1. The first-order valence-corrected chi connectivity index (χ1v) is 15.3. The second-order valence-corrected chi connectivity index (χ2v) is 11.9. The third-order valence-electron chi connectivity index (χ3n) is 7.73. The van der Waals surface area contributed by atoms with Gasteiger partial charge in [0.25, 0.3) is 0 Å². The molecular weight excluding hydrogens is 504 g/mol. The van der Waals surface area contributed by atoms with Gasteiger partial charge in [-0.05, 0) is 96.2 Å². The summed E-state index contributed by atoms with van der Waals surface area (Å²) >= 11 is 0. The molecule has 4 rings (SSSR count). The first kappa shape index (κ1) is 30.3. The minimum absolute atomic E-state index is 0.0682. The van der Waals surface area contributed by atoms with E-state index in [1.165, 1.54) is 21.6 Å². The summed E-state index contributed by atoms with van der Waals surface area (Å²) in [6, 6.07) is 12.9. The van der Waals surface area contributed by atoms with E-state index in [0.29, 0.717) is 30.8 Å². The lowest BCUT2D eigenvalue weighted by Gasteiger charge is -2.20. The van der Waals surface area contributed by atoms with Crippen molar-refractivity contribution in [2.45, 2.75) is 73.1 Å². The quantitative estimate of drug-likeness (QED) is 0.283. The van der Waals surface area contributed by atoms with Gasteiger partial charge in [-0.25, -0.2) is 0 Å². The van der Waals surface area contributed by atoms with E-state index >= 15 is 0 Å². The highest BCUT2D eigenvalue weighted by Gasteiger charge is 2.18. The van der Waals surface area contributed by atoms with Crippen molar-refractivity contribution in [1.82, 2.24) is 10.3 Å². The molecule has 0 saturated heterocycles. The Labute approximate surface area is 246 Å². The lowest BCUT2D eigenvalue weighted by molar-refractivity contribution is -0.145. The van der Waals surface area contributed by atoms with Gasteiger partial charge in [0.1, 0.15) is 0 Å². The van der Waals surface area contributed by atoms with Crippen LogP contribution < -0.4 is 15.8 Å². The molecule has 2 aromatic rings. The molecule has 2 aliphatic rings. The third-order valence-corrected chi connectivity index (χ3v) is 7.73. The zero-order chi connectivity index (χ0) is 29.2. The second kappa shape index (κ2) is 14.8. The number of pyridine rings is 1. The number of carbonyl (C=O) groups is 1. The zero-order valence-electron chi connectivity index (χ0n) is 25.5. The molecule has 216 valence electrons. The van der Waals surface area contributed by atoms with Crippen LogP contribution in [0, 0.1) is 24.7 Å². The lowest BCUT2D eigenvalue weighted by atomic mass is 9.85. The maximum absolute atomic E-state index is 12.3. The Hall–Kier alpha value is -3.66. The normalized spacial score (nSPS) is 16.0. The van der Waals surface area contributed by atoms with Crippen molar-refractivity contribution in [2.24, 2.45) is 17.8 Å². The van der Waals surface area contributed by atoms with Crippen molar-refractivity contribution in [3.8, 4) is 0 Å². The van der Waals surface area contributed by atoms with Gasteiger partial charge >= 0.3 is 5.97 Å².